The molecule has 5 nitrogen and oxygen atoms in total. The first-order chi connectivity index (χ1) is 10.6. The van der Waals surface area contributed by atoms with Crippen LogP contribution in [0.3, 0.4) is 0 Å². The summed E-state index contributed by atoms with van der Waals surface area (Å²) in [6, 6.07) is 13.5. The lowest BCUT2D eigenvalue weighted by Gasteiger charge is -1.98. The van der Waals surface area contributed by atoms with Crippen LogP contribution in [0.15, 0.2) is 58.7 Å². The Morgan fingerprint density at radius 3 is 1.50 bits per heavy atom. The van der Waals surface area contributed by atoms with Gasteiger partial charge in [-0.05, 0) is 35.4 Å². The maximum Gasteiger partial charge on any atom is 0.355 e. The first kappa shape index (κ1) is 16.0. The van der Waals surface area contributed by atoms with Gasteiger partial charge in [0.25, 0.3) is 0 Å². The highest BCUT2D eigenvalue weighted by atomic mass is 35.5. The summed E-state index contributed by atoms with van der Waals surface area (Å²) in [4.78, 5) is 11.4. The van der Waals surface area contributed by atoms with Crippen molar-refractivity contribution in [1.29, 1.82) is 0 Å². The average Bonchev–Trinajstić information content (AvgIpc) is 2.51. The van der Waals surface area contributed by atoms with Crippen LogP contribution in [0.4, 0.5) is 4.79 Å². The molecule has 0 heterocycles. The van der Waals surface area contributed by atoms with E-state index in [4.69, 9.17) is 23.2 Å². The Kier molecular flexibility index (Phi) is 5.94. The summed E-state index contributed by atoms with van der Waals surface area (Å²) in [7, 11) is 0. The van der Waals surface area contributed by atoms with Gasteiger partial charge in [-0.25, -0.2) is 15.6 Å². The molecule has 0 spiro atoms. The maximum atomic E-state index is 11.4. The number of hydrazone groups is 2. The third-order valence-corrected chi connectivity index (χ3v) is 3.00. The first-order valence-corrected chi connectivity index (χ1v) is 7.02. The third-order valence-electron chi connectivity index (χ3n) is 2.50. The van der Waals surface area contributed by atoms with Crippen molar-refractivity contribution in [3.8, 4) is 0 Å². The van der Waals surface area contributed by atoms with E-state index in [1.165, 1.54) is 12.4 Å². The molecule has 2 aromatic rings. The van der Waals surface area contributed by atoms with Gasteiger partial charge in [0.1, 0.15) is 0 Å². The van der Waals surface area contributed by atoms with Gasteiger partial charge in [-0.2, -0.15) is 10.2 Å². The monoisotopic (exact) mass is 334 g/mol. The molecule has 7 heteroatoms. The molecule has 0 saturated heterocycles. The zero-order chi connectivity index (χ0) is 15.8. The van der Waals surface area contributed by atoms with E-state index in [1.54, 1.807) is 48.5 Å². The molecule has 2 rings (SSSR count). The van der Waals surface area contributed by atoms with Crippen molar-refractivity contribution in [2.24, 2.45) is 10.2 Å². The highest BCUT2D eigenvalue weighted by Crippen LogP contribution is 2.08. The molecule has 0 aromatic heterocycles. The largest absolute Gasteiger partial charge is 0.355 e. The number of hydrogen-bond donors (Lipinski definition) is 2. The van der Waals surface area contributed by atoms with Gasteiger partial charge < -0.3 is 0 Å². The van der Waals surface area contributed by atoms with E-state index in [0.717, 1.165) is 11.1 Å². The summed E-state index contributed by atoms with van der Waals surface area (Å²) in [6.07, 6.45) is 3.00. The second-order valence-corrected chi connectivity index (χ2v) is 5.05. The number of hydrogen-bond acceptors (Lipinski definition) is 3. The molecule has 0 aliphatic carbocycles. The smallest absolute Gasteiger partial charge is 0.245 e. The summed E-state index contributed by atoms with van der Waals surface area (Å²) in [5.41, 5.74) is 6.21. The minimum atomic E-state index is -0.546. The number of rotatable bonds is 4. The molecular weight excluding hydrogens is 323 g/mol. The van der Waals surface area contributed by atoms with Gasteiger partial charge in [-0.1, -0.05) is 47.5 Å². The Morgan fingerprint density at radius 1 is 0.773 bits per heavy atom. The lowest BCUT2D eigenvalue weighted by molar-refractivity contribution is 0.242. The van der Waals surface area contributed by atoms with E-state index in [1.807, 2.05) is 0 Å². The average molecular weight is 335 g/mol. The van der Waals surface area contributed by atoms with Crippen molar-refractivity contribution < 1.29 is 4.79 Å². The number of carbonyl (C=O) groups is 1. The fourth-order valence-corrected chi connectivity index (χ4v) is 1.71. The molecule has 0 aliphatic rings. The van der Waals surface area contributed by atoms with Crippen molar-refractivity contribution in [2.45, 2.75) is 0 Å². The highest BCUT2D eigenvalue weighted by molar-refractivity contribution is 6.30. The Hall–Kier alpha value is -2.37. The SMILES string of the molecule is O=C(N/N=C/c1ccc(Cl)cc1)N/N=C/c1ccc(Cl)cc1. The molecule has 2 aromatic carbocycles. The van der Waals surface area contributed by atoms with Crippen LogP contribution in [-0.4, -0.2) is 18.5 Å². The standard InChI is InChI=1S/C15H12Cl2N4O/c16-13-5-1-11(2-6-13)9-18-20-15(22)21-19-10-12-3-7-14(17)8-4-12/h1-10H,(H2,20,21,22)/b18-9+,19-10+. The molecule has 112 valence electrons. The minimum absolute atomic E-state index is 0.546. The fourth-order valence-electron chi connectivity index (χ4n) is 1.45. The topological polar surface area (TPSA) is 65.8 Å². The zero-order valence-electron chi connectivity index (χ0n) is 11.3. The fraction of sp³-hybridized carbons (Fsp3) is 0. The summed E-state index contributed by atoms with van der Waals surface area (Å²) in [5, 5.41) is 8.85. The maximum absolute atomic E-state index is 11.4. The summed E-state index contributed by atoms with van der Waals surface area (Å²) >= 11 is 11.5. The predicted octanol–water partition coefficient (Wildman–Crippen LogP) is 3.66. The van der Waals surface area contributed by atoms with Gasteiger partial charge >= 0.3 is 6.03 Å². The lowest BCUT2D eigenvalue weighted by Crippen LogP contribution is -2.28. The molecule has 0 bridgehead atoms. The Labute approximate surface area is 137 Å². The van der Waals surface area contributed by atoms with Gasteiger partial charge in [0, 0.05) is 10.0 Å². The summed E-state index contributed by atoms with van der Waals surface area (Å²) in [6.45, 7) is 0. The Morgan fingerprint density at radius 2 is 1.14 bits per heavy atom. The molecular formula is C15H12Cl2N4O. The van der Waals surface area contributed by atoms with Crippen molar-refractivity contribution >= 4 is 41.7 Å². The van der Waals surface area contributed by atoms with E-state index >= 15 is 0 Å². The van der Waals surface area contributed by atoms with E-state index in [-0.39, 0.29) is 0 Å². The second-order valence-electron chi connectivity index (χ2n) is 4.17. The first-order valence-electron chi connectivity index (χ1n) is 6.27. The number of benzene rings is 2. The van der Waals surface area contributed by atoms with Gasteiger partial charge in [0.2, 0.25) is 0 Å². The zero-order valence-corrected chi connectivity index (χ0v) is 12.8. The molecule has 0 fully saturated rings. The normalized spacial score (nSPS) is 11.0. The van der Waals surface area contributed by atoms with Crippen molar-refractivity contribution in [2.75, 3.05) is 0 Å². The van der Waals surface area contributed by atoms with Crippen LogP contribution in [0.2, 0.25) is 10.0 Å². The van der Waals surface area contributed by atoms with Crippen molar-refractivity contribution in [3.05, 3.63) is 69.7 Å². The quantitative estimate of drug-likeness (QED) is 0.650. The van der Waals surface area contributed by atoms with Gasteiger partial charge in [-0.3, -0.25) is 0 Å². The van der Waals surface area contributed by atoms with E-state index in [0.29, 0.717) is 10.0 Å². The number of carbonyl (C=O) groups excluding carboxylic acids is 1. The highest BCUT2D eigenvalue weighted by Gasteiger charge is 1.94. The molecule has 22 heavy (non-hydrogen) atoms. The van der Waals surface area contributed by atoms with Gasteiger partial charge in [0.15, 0.2) is 0 Å². The van der Waals surface area contributed by atoms with E-state index < -0.39 is 6.03 Å². The molecule has 0 unspecified atom stereocenters. The van der Waals surface area contributed by atoms with E-state index in [2.05, 4.69) is 21.1 Å². The van der Waals surface area contributed by atoms with Crippen molar-refractivity contribution in [1.82, 2.24) is 10.9 Å². The van der Waals surface area contributed by atoms with Crippen LogP contribution in [0.1, 0.15) is 11.1 Å². The van der Waals surface area contributed by atoms with Crippen LogP contribution in [0.25, 0.3) is 0 Å². The van der Waals surface area contributed by atoms with Crippen molar-refractivity contribution in [3.63, 3.8) is 0 Å². The number of amides is 2. The Balaban J connectivity index is 1.78. The number of nitrogens with one attached hydrogen (secondary N) is 2. The number of nitrogens with zero attached hydrogens (tertiary/aromatic N) is 2. The molecule has 0 atom stereocenters. The molecule has 2 N–H and O–H groups in total. The van der Waals surface area contributed by atoms with Gasteiger partial charge in [-0.15, -0.1) is 0 Å². The van der Waals surface area contributed by atoms with E-state index in [9.17, 15) is 4.79 Å². The van der Waals surface area contributed by atoms with Crippen LogP contribution >= 0.6 is 23.2 Å². The van der Waals surface area contributed by atoms with Gasteiger partial charge in [0.05, 0.1) is 12.4 Å². The number of halogens is 2. The molecule has 2 amide bonds. The molecule has 0 radical (unpaired) electrons. The third kappa shape index (κ3) is 5.55. The van der Waals surface area contributed by atoms with Crippen LogP contribution in [0.5, 0.6) is 0 Å². The second kappa shape index (κ2) is 8.17. The predicted molar refractivity (Wildman–Crippen MR) is 89.8 cm³/mol. The van der Waals surface area contributed by atoms with Crippen LogP contribution in [-0.2, 0) is 0 Å². The summed E-state index contributed by atoms with van der Waals surface area (Å²) < 4.78 is 0. The number of urea groups is 1. The minimum Gasteiger partial charge on any atom is -0.245 e. The summed E-state index contributed by atoms with van der Waals surface area (Å²) in [5.74, 6) is 0. The van der Waals surface area contributed by atoms with Crippen LogP contribution < -0.4 is 10.9 Å². The molecule has 0 saturated carbocycles. The molecule has 0 aliphatic heterocycles. The lowest BCUT2D eigenvalue weighted by atomic mass is 10.2. The van der Waals surface area contributed by atoms with Crippen LogP contribution in [0, 0.1) is 0 Å². The Bertz CT molecular complexity index is 622.